The molecule has 1 heterocycles. The second-order valence-electron chi connectivity index (χ2n) is 5.32. The van der Waals surface area contributed by atoms with E-state index in [0.717, 1.165) is 11.8 Å². The largest absolute Gasteiger partial charge is 0.618 e. The Morgan fingerprint density at radius 1 is 1.35 bits per heavy atom. The maximum absolute atomic E-state index is 11.9. The molecule has 0 spiro atoms. The minimum absolute atomic E-state index is 0.409. The van der Waals surface area contributed by atoms with Crippen LogP contribution in [-0.2, 0) is 4.79 Å². The summed E-state index contributed by atoms with van der Waals surface area (Å²) in [6.45, 7) is 7.09. The van der Waals surface area contributed by atoms with Gasteiger partial charge in [0.25, 0.3) is 5.03 Å². The summed E-state index contributed by atoms with van der Waals surface area (Å²) < 4.78 is 0.684. The van der Waals surface area contributed by atoms with Gasteiger partial charge < -0.3 is 10.5 Å². The number of nitrogens with one attached hydrogen (secondary N) is 2. The summed E-state index contributed by atoms with van der Waals surface area (Å²) in [6, 6.07) is 4.40. The maximum Gasteiger partial charge on any atom is 0.321 e. The molecule has 0 aliphatic carbocycles. The van der Waals surface area contributed by atoms with E-state index in [1.165, 1.54) is 6.20 Å². The van der Waals surface area contributed by atoms with Crippen LogP contribution in [0, 0.1) is 5.21 Å². The first-order valence-electron chi connectivity index (χ1n) is 6.17. The second-order valence-corrected chi connectivity index (χ2v) is 6.68. The molecule has 0 aromatic carbocycles. The van der Waals surface area contributed by atoms with Crippen molar-refractivity contribution in [2.75, 3.05) is 0 Å². The highest BCUT2D eigenvalue weighted by Gasteiger charge is 2.22. The number of pyridine rings is 1. The van der Waals surface area contributed by atoms with Crippen LogP contribution in [0.1, 0.15) is 27.7 Å². The van der Waals surface area contributed by atoms with Crippen molar-refractivity contribution >= 4 is 23.7 Å². The molecule has 0 fully saturated rings. The molecular weight excluding hydrogens is 278 g/mol. The van der Waals surface area contributed by atoms with Crippen LogP contribution in [0.25, 0.3) is 0 Å². The standard InChI is InChI=1S/C13H19N3O3S/c1-9(20-10-7-5-6-8-16(10)19)11(17)14-12(18)15-13(2,3)4/h5-9H,1-4H3,(H2,14,15,17,18)/t9-/m1/s1. The molecule has 20 heavy (non-hydrogen) atoms. The molecule has 0 radical (unpaired) electrons. The number of carbonyl (C=O) groups is 2. The van der Waals surface area contributed by atoms with Crippen molar-refractivity contribution in [1.29, 1.82) is 0 Å². The van der Waals surface area contributed by atoms with Crippen molar-refractivity contribution in [1.82, 2.24) is 10.6 Å². The van der Waals surface area contributed by atoms with Gasteiger partial charge in [0.05, 0.1) is 5.25 Å². The van der Waals surface area contributed by atoms with Crippen molar-refractivity contribution in [3.8, 4) is 0 Å². The quantitative estimate of drug-likeness (QED) is 0.502. The average Bonchev–Trinajstić information content (AvgIpc) is 2.29. The number of hydrogen-bond donors (Lipinski definition) is 2. The van der Waals surface area contributed by atoms with Crippen molar-refractivity contribution in [2.45, 2.75) is 43.5 Å². The van der Waals surface area contributed by atoms with Gasteiger partial charge in [-0.15, -0.1) is 0 Å². The van der Waals surface area contributed by atoms with Gasteiger partial charge in [-0.1, -0.05) is 0 Å². The van der Waals surface area contributed by atoms with E-state index in [1.54, 1.807) is 25.1 Å². The third-order valence-corrected chi connectivity index (χ3v) is 3.31. The number of imide groups is 1. The zero-order chi connectivity index (χ0) is 15.3. The van der Waals surface area contributed by atoms with Gasteiger partial charge >= 0.3 is 6.03 Å². The Balaban J connectivity index is 2.56. The second kappa shape index (κ2) is 6.60. The van der Waals surface area contributed by atoms with Gasteiger partial charge in [0.2, 0.25) is 5.91 Å². The Morgan fingerprint density at radius 2 is 2.00 bits per heavy atom. The summed E-state index contributed by atoms with van der Waals surface area (Å²) in [6.07, 6.45) is 1.36. The number of aromatic nitrogens is 1. The van der Waals surface area contributed by atoms with Gasteiger partial charge in [0, 0.05) is 17.7 Å². The van der Waals surface area contributed by atoms with Crippen molar-refractivity contribution in [2.24, 2.45) is 0 Å². The van der Waals surface area contributed by atoms with Gasteiger partial charge in [-0.25, -0.2) is 4.79 Å². The molecule has 7 heteroatoms. The number of hydrogen-bond acceptors (Lipinski definition) is 4. The lowest BCUT2D eigenvalue weighted by molar-refractivity contribution is -0.645. The molecule has 3 amide bonds. The molecule has 1 aromatic heterocycles. The molecule has 0 bridgehead atoms. The van der Waals surface area contributed by atoms with Crippen LogP contribution >= 0.6 is 11.8 Å². The number of rotatable bonds is 3. The first-order valence-corrected chi connectivity index (χ1v) is 7.05. The van der Waals surface area contributed by atoms with Gasteiger partial charge in [0.15, 0.2) is 6.20 Å². The van der Waals surface area contributed by atoms with Crippen molar-refractivity contribution in [3.05, 3.63) is 29.6 Å². The van der Waals surface area contributed by atoms with E-state index >= 15 is 0 Å². The Bertz CT molecular complexity index is 500. The Hall–Kier alpha value is -1.76. The lowest BCUT2D eigenvalue weighted by atomic mass is 10.1. The van der Waals surface area contributed by atoms with E-state index in [2.05, 4.69) is 10.6 Å². The fourth-order valence-corrected chi connectivity index (χ4v) is 2.17. The molecule has 1 aromatic rings. The molecule has 110 valence electrons. The minimum Gasteiger partial charge on any atom is -0.618 e. The Kier molecular flexibility index (Phi) is 5.38. The molecule has 1 rings (SSSR count). The Morgan fingerprint density at radius 3 is 2.55 bits per heavy atom. The highest BCUT2D eigenvalue weighted by Crippen LogP contribution is 2.19. The average molecular weight is 297 g/mol. The van der Waals surface area contributed by atoms with Crippen molar-refractivity contribution < 1.29 is 14.3 Å². The lowest BCUT2D eigenvalue weighted by Crippen LogP contribution is -2.49. The number of carbonyl (C=O) groups excluding carboxylic acids is 2. The molecular formula is C13H19N3O3S. The highest BCUT2D eigenvalue weighted by atomic mass is 32.2. The summed E-state index contributed by atoms with van der Waals surface area (Å²) in [5, 5.41) is 16.2. The van der Waals surface area contributed by atoms with Crippen LogP contribution in [0.15, 0.2) is 29.4 Å². The van der Waals surface area contributed by atoms with Gasteiger partial charge in [-0.2, -0.15) is 4.73 Å². The molecule has 0 saturated heterocycles. The summed E-state index contributed by atoms with van der Waals surface area (Å²) in [7, 11) is 0. The number of thioether (sulfide) groups is 1. The maximum atomic E-state index is 11.9. The fraction of sp³-hybridized carbons (Fsp3) is 0.462. The molecule has 0 unspecified atom stereocenters. The van der Waals surface area contributed by atoms with Crippen LogP contribution < -0.4 is 15.4 Å². The van der Waals surface area contributed by atoms with Crippen molar-refractivity contribution in [3.63, 3.8) is 0 Å². The van der Waals surface area contributed by atoms with Crippen LogP contribution in [0.2, 0.25) is 0 Å². The monoisotopic (exact) mass is 297 g/mol. The molecule has 0 saturated carbocycles. The predicted octanol–water partition coefficient (Wildman–Crippen LogP) is 1.42. The minimum atomic E-state index is -0.552. The Labute approximate surface area is 122 Å². The van der Waals surface area contributed by atoms with Crippen LogP contribution in [0.3, 0.4) is 0 Å². The third kappa shape index (κ3) is 5.48. The molecule has 6 nitrogen and oxygen atoms in total. The van der Waals surface area contributed by atoms with Gasteiger partial charge in [-0.05, 0) is 45.5 Å². The summed E-state index contributed by atoms with van der Waals surface area (Å²) in [4.78, 5) is 23.4. The van der Waals surface area contributed by atoms with E-state index in [-0.39, 0.29) is 0 Å². The SMILES string of the molecule is C[C@@H](Sc1cccc[n+]1[O-])C(=O)NC(=O)NC(C)(C)C. The topological polar surface area (TPSA) is 85.1 Å². The van der Waals surface area contributed by atoms with Crippen LogP contribution in [0.4, 0.5) is 4.79 Å². The van der Waals surface area contributed by atoms with E-state index in [9.17, 15) is 14.8 Å². The van der Waals surface area contributed by atoms with Crippen LogP contribution in [-0.4, -0.2) is 22.7 Å². The number of urea groups is 1. The smallest absolute Gasteiger partial charge is 0.321 e. The van der Waals surface area contributed by atoms with Gasteiger partial charge in [-0.3, -0.25) is 10.1 Å². The van der Waals surface area contributed by atoms with E-state index in [1.807, 2.05) is 20.8 Å². The van der Waals surface area contributed by atoms with E-state index < -0.39 is 22.7 Å². The van der Waals surface area contributed by atoms with E-state index in [4.69, 9.17) is 0 Å². The summed E-state index contributed by atoms with van der Waals surface area (Å²) in [5.41, 5.74) is -0.418. The zero-order valence-electron chi connectivity index (χ0n) is 12.0. The summed E-state index contributed by atoms with van der Waals surface area (Å²) in [5.74, 6) is -0.444. The fourth-order valence-electron chi connectivity index (χ4n) is 1.32. The summed E-state index contributed by atoms with van der Waals surface area (Å²) >= 11 is 1.10. The first kappa shape index (κ1) is 16.3. The molecule has 2 N–H and O–H groups in total. The molecule has 0 aliphatic heterocycles. The van der Waals surface area contributed by atoms with E-state index in [0.29, 0.717) is 9.76 Å². The first-order chi connectivity index (χ1) is 9.19. The van der Waals surface area contributed by atoms with Crippen LogP contribution in [0.5, 0.6) is 0 Å². The number of amides is 3. The normalized spacial score (nSPS) is 12.6. The zero-order valence-corrected chi connectivity index (χ0v) is 12.8. The molecule has 1 atom stereocenters. The highest BCUT2D eigenvalue weighted by molar-refractivity contribution is 8.00. The lowest BCUT2D eigenvalue weighted by Gasteiger charge is -2.21. The number of nitrogens with zero attached hydrogens (tertiary/aromatic N) is 1. The molecule has 0 aliphatic rings. The third-order valence-electron chi connectivity index (χ3n) is 2.18. The van der Waals surface area contributed by atoms with Gasteiger partial charge in [0.1, 0.15) is 0 Å². The predicted molar refractivity (Wildman–Crippen MR) is 77.1 cm³/mol.